The fraction of sp³-hybridized carbons (Fsp3) is 0. The van der Waals surface area contributed by atoms with Crippen molar-refractivity contribution in [3.8, 4) is 22.8 Å². The molecule has 5 heteroatoms. The van der Waals surface area contributed by atoms with E-state index >= 15 is 0 Å². The Morgan fingerprint density at radius 1 is 0.789 bits per heavy atom. The summed E-state index contributed by atoms with van der Waals surface area (Å²) in [6.07, 6.45) is 3.13. The van der Waals surface area contributed by atoms with Gasteiger partial charge in [0.15, 0.2) is 11.6 Å². The van der Waals surface area contributed by atoms with Gasteiger partial charge in [0, 0.05) is 17.3 Å². The molecule has 0 N–H and O–H groups in total. The molecule has 0 bridgehead atoms. The van der Waals surface area contributed by atoms with Gasteiger partial charge in [-0.1, -0.05) is 41.9 Å². The first-order valence-electron chi connectivity index (χ1n) is 5.69. The summed E-state index contributed by atoms with van der Waals surface area (Å²) in [6, 6.07) is 13.3. The zero-order chi connectivity index (χ0) is 13.1. The van der Waals surface area contributed by atoms with Crippen LogP contribution in [-0.2, 0) is 0 Å². The van der Waals surface area contributed by atoms with Crippen LogP contribution in [-0.4, -0.2) is 19.9 Å². The van der Waals surface area contributed by atoms with Gasteiger partial charge in [0.2, 0.25) is 0 Å². The van der Waals surface area contributed by atoms with E-state index in [-0.39, 0.29) is 0 Å². The molecule has 0 fully saturated rings. The summed E-state index contributed by atoms with van der Waals surface area (Å²) in [6.45, 7) is 0. The smallest absolute Gasteiger partial charge is 0.163 e. The van der Waals surface area contributed by atoms with E-state index in [9.17, 15) is 0 Å². The minimum atomic E-state index is 0.416. The van der Waals surface area contributed by atoms with Gasteiger partial charge in [0.05, 0.1) is 0 Å². The molecule has 0 aliphatic rings. The molecular weight excluding hydrogens is 260 g/mol. The van der Waals surface area contributed by atoms with Gasteiger partial charge < -0.3 is 0 Å². The van der Waals surface area contributed by atoms with Crippen molar-refractivity contribution in [1.29, 1.82) is 0 Å². The lowest BCUT2D eigenvalue weighted by molar-refractivity contribution is 1.06. The van der Waals surface area contributed by atoms with E-state index in [0.29, 0.717) is 16.8 Å². The maximum Gasteiger partial charge on any atom is 0.163 e. The van der Waals surface area contributed by atoms with E-state index in [4.69, 9.17) is 11.6 Å². The predicted octanol–water partition coefficient (Wildman–Crippen LogP) is 3.25. The van der Waals surface area contributed by atoms with Crippen LogP contribution in [0.25, 0.3) is 22.8 Å². The second-order valence-electron chi connectivity index (χ2n) is 3.87. The fourth-order valence-corrected chi connectivity index (χ4v) is 1.88. The summed E-state index contributed by atoms with van der Waals surface area (Å²) in [5, 5.41) is 0.416. The third kappa shape index (κ3) is 2.58. The first-order valence-corrected chi connectivity index (χ1v) is 6.07. The molecule has 4 nitrogen and oxygen atoms in total. The Hall–Kier alpha value is -2.33. The van der Waals surface area contributed by atoms with Gasteiger partial charge in [-0.25, -0.2) is 19.9 Å². The van der Waals surface area contributed by atoms with E-state index in [2.05, 4.69) is 19.9 Å². The molecular formula is C14H9ClN4. The van der Waals surface area contributed by atoms with Gasteiger partial charge in [-0.3, -0.25) is 0 Å². The van der Waals surface area contributed by atoms with Gasteiger partial charge in [-0.15, -0.1) is 0 Å². The van der Waals surface area contributed by atoms with Crippen LogP contribution in [0.15, 0.2) is 55.0 Å². The second-order valence-corrected chi connectivity index (χ2v) is 4.25. The lowest BCUT2D eigenvalue weighted by Gasteiger charge is -2.03. The van der Waals surface area contributed by atoms with Gasteiger partial charge >= 0.3 is 0 Å². The summed E-state index contributed by atoms with van der Waals surface area (Å²) < 4.78 is 0. The highest BCUT2D eigenvalue weighted by Crippen LogP contribution is 2.20. The number of aromatic nitrogens is 4. The van der Waals surface area contributed by atoms with Crippen LogP contribution in [0.4, 0.5) is 0 Å². The normalized spacial score (nSPS) is 10.4. The van der Waals surface area contributed by atoms with Gasteiger partial charge in [0.25, 0.3) is 0 Å². The standard InChI is InChI=1S/C14H9ClN4/c15-12-8-11(6-7-16-12)14-18-9-17-13(19-14)10-4-2-1-3-5-10/h1-9H. The average Bonchev–Trinajstić information content (AvgIpc) is 2.48. The number of hydrogen-bond donors (Lipinski definition) is 0. The molecule has 0 aliphatic heterocycles. The summed E-state index contributed by atoms with van der Waals surface area (Å²) in [7, 11) is 0. The van der Waals surface area contributed by atoms with E-state index in [1.54, 1.807) is 12.3 Å². The molecule has 3 rings (SSSR count). The molecule has 0 atom stereocenters. The molecule has 0 unspecified atom stereocenters. The van der Waals surface area contributed by atoms with E-state index < -0.39 is 0 Å². The summed E-state index contributed by atoms with van der Waals surface area (Å²) in [5.41, 5.74) is 1.77. The Labute approximate surface area is 115 Å². The molecule has 0 saturated heterocycles. The molecule has 3 aromatic rings. The second kappa shape index (κ2) is 5.12. The van der Waals surface area contributed by atoms with E-state index in [1.807, 2.05) is 36.4 Å². The molecule has 92 valence electrons. The number of hydrogen-bond acceptors (Lipinski definition) is 4. The summed E-state index contributed by atoms with van der Waals surface area (Å²) >= 11 is 5.87. The zero-order valence-electron chi connectivity index (χ0n) is 9.86. The van der Waals surface area contributed by atoms with Crippen LogP contribution in [0.1, 0.15) is 0 Å². The molecule has 0 aliphatic carbocycles. The Morgan fingerprint density at radius 2 is 1.53 bits per heavy atom. The lowest BCUT2D eigenvalue weighted by atomic mass is 10.2. The molecule has 0 saturated carbocycles. The SMILES string of the molecule is Clc1cc(-c2ncnc(-c3ccccc3)n2)ccn1. The van der Waals surface area contributed by atoms with Crippen LogP contribution in [0.2, 0.25) is 5.15 Å². The van der Waals surface area contributed by atoms with Gasteiger partial charge in [-0.05, 0) is 12.1 Å². The van der Waals surface area contributed by atoms with Crippen LogP contribution in [0, 0.1) is 0 Å². The van der Waals surface area contributed by atoms with Gasteiger partial charge in [-0.2, -0.15) is 0 Å². The number of benzene rings is 1. The minimum absolute atomic E-state index is 0.416. The number of pyridine rings is 1. The van der Waals surface area contributed by atoms with Crippen LogP contribution in [0.5, 0.6) is 0 Å². The average molecular weight is 269 g/mol. The van der Waals surface area contributed by atoms with Crippen molar-refractivity contribution in [2.24, 2.45) is 0 Å². The van der Waals surface area contributed by atoms with Crippen LogP contribution >= 0.6 is 11.6 Å². The van der Waals surface area contributed by atoms with Crippen LogP contribution in [0.3, 0.4) is 0 Å². The summed E-state index contributed by atoms with van der Waals surface area (Å²) in [5.74, 6) is 1.22. The third-order valence-electron chi connectivity index (χ3n) is 2.59. The van der Waals surface area contributed by atoms with Crippen molar-refractivity contribution in [2.75, 3.05) is 0 Å². The third-order valence-corrected chi connectivity index (χ3v) is 2.80. The molecule has 2 aromatic heterocycles. The number of nitrogens with zero attached hydrogens (tertiary/aromatic N) is 4. The van der Waals surface area contributed by atoms with Crippen molar-refractivity contribution in [2.45, 2.75) is 0 Å². The Kier molecular flexibility index (Phi) is 3.16. The zero-order valence-corrected chi connectivity index (χ0v) is 10.6. The highest BCUT2D eigenvalue weighted by atomic mass is 35.5. The van der Waals surface area contributed by atoms with E-state index in [1.165, 1.54) is 6.33 Å². The van der Waals surface area contributed by atoms with E-state index in [0.717, 1.165) is 11.1 Å². The first-order chi connectivity index (χ1) is 9.33. The molecule has 19 heavy (non-hydrogen) atoms. The number of halogens is 1. The monoisotopic (exact) mass is 268 g/mol. The molecule has 2 heterocycles. The lowest BCUT2D eigenvalue weighted by Crippen LogP contribution is -1.95. The van der Waals surface area contributed by atoms with Crippen molar-refractivity contribution in [3.05, 3.63) is 60.1 Å². The highest BCUT2D eigenvalue weighted by molar-refractivity contribution is 6.29. The summed E-state index contributed by atoms with van der Waals surface area (Å²) in [4.78, 5) is 16.7. The Bertz CT molecular complexity index is 701. The van der Waals surface area contributed by atoms with Crippen LogP contribution < -0.4 is 0 Å². The van der Waals surface area contributed by atoms with Crippen molar-refractivity contribution in [1.82, 2.24) is 19.9 Å². The van der Waals surface area contributed by atoms with Crippen molar-refractivity contribution >= 4 is 11.6 Å². The Balaban J connectivity index is 2.06. The number of rotatable bonds is 2. The quantitative estimate of drug-likeness (QED) is 0.670. The maximum atomic E-state index is 5.87. The Morgan fingerprint density at radius 3 is 2.26 bits per heavy atom. The van der Waals surface area contributed by atoms with Crippen molar-refractivity contribution in [3.63, 3.8) is 0 Å². The first kappa shape index (κ1) is 11.7. The fourth-order valence-electron chi connectivity index (χ4n) is 1.70. The predicted molar refractivity (Wildman–Crippen MR) is 73.5 cm³/mol. The largest absolute Gasteiger partial charge is 0.245 e. The highest BCUT2D eigenvalue weighted by Gasteiger charge is 2.06. The molecule has 0 radical (unpaired) electrons. The van der Waals surface area contributed by atoms with Crippen molar-refractivity contribution < 1.29 is 0 Å². The van der Waals surface area contributed by atoms with Gasteiger partial charge in [0.1, 0.15) is 11.5 Å². The maximum absolute atomic E-state index is 5.87. The minimum Gasteiger partial charge on any atom is -0.245 e. The molecule has 0 amide bonds. The molecule has 0 spiro atoms. The topological polar surface area (TPSA) is 51.6 Å². The molecule has 1 aromatic carbocycles.